The van der Waals surface area contributed by atoms with E-state index in [1.165, 1.54) is 30.3 Å². The fourth-order valence-corrected chi connectivity index (χ4v) is 4.45. The SMILES string of the molecule is CC[C@@H]1C[C@](O)(C(F)(F)F)C(Nc2cc(F)cc3[nH]c(=O)ccc23)c2cccc(O)c21. The largest absolute Gasteiger partial charge is 0.508 e. The fraction of sp³-hybridized carbons (Fsp3) is 0.318. The average Bonchev–Trinajstić information content (AvgIpc) is 2.68. The number of nitrogens with one attached hydrogen (secondary N) is 2. The third kappa shape index (κ3) is 3.42. The zero-order chi connectivity index (χ0) is 22.6. The molecule has 1 aliphatic carbocycles. The summed E-state index contributed by atoms with van der Waals surface area (Å²) < 4.78 is 56.7. The van der Waals surface area contributed by atoms with Crippen molar-refractivity contribution in [1.82, 2.24) is 4.98 Å². The number of aliphatic hydroxyl groups is 1. The summed E-state index contributed by atoms with van der Waals surface area (Å²) in [4.78, 5) is 14.0. The summed E-state index contributed by atoms with van der Waals surface area (Å²) >= 11 is 0. The van der Waals surface area contributed by atoms with Crippen LogP contribution in [-0.2, 0) is 0 Å². The van der Waals surface area contributed by atoms with E-state index >= 15 is 0 Å². The number of phenols is 1. The summed E-state index contributed by atoms with van der Waals surface area (Å²) in [7, 11) is 0. The lowest BCUT2D eigenvalue weighted by atomic mass is 9.69. The molecule has 0 bridgehead atoms. The molecule has 0 saturated carbocycles. The molecule has 5 nitrogen and oxygen atoms in total. The number of benzene rings is 2. The first-order chi connectivity index (χ1) is 14.5. The molecule has 3 aromatic rings. The predicted molar refractivity (Wildman–Crippen MR) is 108 cm³/mol. The van der Waals surface area contributed by atoms with Crippen molar-refractivity contribution in [2.24, 2.45) is 0 Å². The normalized spacial score (nSPS) is 23.5. The van der Waals surface area contributed by atoms with Gasteiger partial charge in [0.25, 0.3) is 0 Å². The summed E-state index contributed by atoms with van der Waals surface area (Å²) in [5, 5.41) is 24.3. The van der Waals surface area contributed by atoms with Crippen LogP contribution >= 0.6 is 0 Å². The minimum Gasteiger partial charge on any atom is -0.508 e. The standard InChI is InChI=1S/C22H20F4N2O3/c1-2-11-10-21(31,22(24,25)26)20(14-4-3-5-17(29)19(11)14)28-16-9-12(23)8-15-13(16)6-7-18(30)27-15/h3-9,11,20,28-29,31H,2,10H2,1H3,(H,27,30)/t11-,20?,21-/m1/s1. The van der Waals surface area contributed by atoms with Crippen molar-refractivity contribution in [3.63, 3.8) is 0 Å². The number of H-pyrrole nitrogens is 1. The van der Waals surface area contributed by atoms with E-state index in [2.05, 4.69) is 10.3 Å². The maximum atomic E-state index is 14.2. The van der Waals surface area contributed by atoms with Gasteiger partial charge in [-0.25, -0.2) is 4.39 Å². The minimum absolute atomic E-state index is 0.0248. The van der Waals surface area contributed by atoms with Gasteiger partial charge in [0.15, 0.2) is 5.60 Å². The van der Waals surface area contributed by atoms with E-state index in [1.54, 1.807) is 6.92 Å². The van der Waals surface area contributed by atoms with Crippen LogP contribution < -0.4 is 10.9 Å². The van der Waals surface area contributed by atoms with Crippen molar-refractivity contribution < 1.29 is 27.8 Å². The number of alkyl halides is 3. The first-order valence-corrected chi connectivity index (χ1v) is 9.75. The Labute approximate surface area is 174 Å². The van der Waals surface area contributed by atoms with E-state index in [-0.39, 0.29) is 34.3 Å². The Hall–Kier alpha value is -3.07. The third-order valence-electron chi connectivity index (χ3n) is 5.96. The van der Waals surface area contributed by atoms with Crippen LogP contribution in [0.25, 0.3) is 10.9 Å². The Bertz CT molecular complexity index is 1210. The van der Waals surface area contributed by atoms with Crippen LogP contribution in [0.3, 0.4) is 0 Å². The molecule has 0 saturated heterocycles. The third-order valence-corrected chi connectivity index (χ3v) is 5.96. The number of anilines is 1. The highest BCUT2D eigenvalue weighted by molar-refractivity contribution is 5.91. The second-order valence-electron chi connectivity index (χ2n) is 7.83. The maximum absolute atomic E-state index is 14.2. The lowest BCUT2D eigenvalue weighted by Gasteiger charge is -2.45. The van der Waals surface area contributed by atoms with E-state index in [4.69, 9.17) is 0 Å². The number of aromatic amines is 1. The Morgan fingerprint density at radius 2 is 1.97 bits per heavy atom. The molecule has 164 valence electrons. The van der Waals surface area contributed by atoms with Crippen LogP contribution in [0.2, 0.25) is 0 Å². The summed E-state index contributed by atoms with van der Waals surface area (Å²) in [5.41, 5.74) is -3.18. The molecular weight excluding hydrogens is 416 g/mol. The number of hydrogen-bond acceptors (Lipinski definition) is 4. The van der Waals surface area contributed by atoms with E-state index < -0.39 is 41.5 Å². The van der Waals surface area contributed by atoms with Crippen LogP contribution in [0.5, 0.6) is 5.75 Å². The molecule has 4 rings (SSSR count). The van der Waals surface area contributed by atoms with Crippen LogP contribution in [0.4, 0.5) is 23.2 Å². The molecule has 0 aliphatic heterocycles. The van der Waals surface area contributed by atoms with Crippen molar-refractivity contribution in [3.05, 3.63) is 69.8 Å². The maximum Gasteiger partial charge on any atom is 0.419 e. The number of fused-ring (bicyclic) bond motifs is 2. The van der Waals surface area contributed by atoms with E-state index in [9.17, 15) is 32.6 Å². The van der Waals surface area contributed by atoms with Gasteiger partial charge in [0.05, 0.1) is 11.6 Å². The van der Waals surface area contributed by atoms with Crippen molar-refractivity contribution in [1.29, 1.82) is 0 Å². The molecular formula is C22H20F4N2O3. The molecule has 0 radical (unpaired) electrons. The minimum atomic E-state index is -5.00. The molecule has 0 fully saturated rings. The van der Waals surface area contributed by atoms with Crippen LogP contribution in [0.15, 0.2) is 47.3 Å². The van der Waals surface area contributed by atoms with Gasteiger partial charge in [0.1, 0.15) is 11.6 Å². The molecule has 0 spiro atoms. The highest BCUT2D eigenvalue weighted by atomic mass is 19.4. The van der Waals surface area contributed by atoms with E-state index in [0.717, 1.165) is 12.1 Å². The molecule has 1 aliphatic rings. The topological polar surface area (TPSA) is 85.4 Å². The summed E-state index contributed by atoms with van der Waals surface area (Å²) in [5.74, 6) is -1.65. The van der Waals surface area contributed by atoms with E-state index in [1.807, 2.05) is 0 Å². The first kappa shape index (κ1) is 21.2. The number of halogens is 4. The van der Waals surface area contributed by atoms with Crippen molar-refractivity contribution in [2.45, 2.75) is 43.5 Å². The second-order valence-corrected chi connectivity index (χ2v) is 7.83. The number of phenolic OH excluding ortho intramolecular Hbond substituents is 1. The van der Waals surface area contributed by atoms with Crippen LogP contribution in [0.1, 0.15) is 42.9 Å². The lowest BCUT2D eigenvalue weighted by Crippen LogP contribution is -2.55. The van der Waals surface area contributed by atoms with Gasteiger partial charge in [-0.3, -0.25) is 4.79 Å². The number of pyridine rings is 1. The first-order valence-electron chi connectivity index (χ1n) is 9.75. The monoisotopic (exact) mass is 436 g/mol. The summed E-state index contributed by atoms with van der Waals surface area (Å²) in [6.45, 7) is 1.68. The molecule has 9 heteroatoms. The van der Waals surface area contributed by atoms with Gasteiger partial charge in [0, 0.05) is 22.7 Å². The molecule has 1 aromatic heterocycles. The lowest BCUT2D eigenvalue weighted by molar-refractivity contribution is -0.272. The van der Waals surface area contributed by atoms with Gasteiger partial charge in [-0.1, -0.05) is 19.1 Å². The van der Waals surface area contributed by atoms with Gasteiger partial charge >= 0.3 is 6.18 Å². The molecule has 31 heavy (non-hydrogen) atoms. The van der Waals surface area contributed by atoms with Crippen molar-refractivity contribution in [2.75, 3.05) is 5.32 Å². The Balaban J connectivity index is 1.94. The molecule has 1 heterocycles. The smallest absolute Gasteiger partial charge is 0.419 e. The Kier molecular flexibility index (Phi) is 4.96. The number of hydrogen-bond donors (Lipinski definition) is 4. The molecule has 1 unspecified atom stereocenters. The predicted octanol–water partition coefficient (Wildman–Crippen LogP) is 4.72. The van der Waals surface area contributed by atoms with Gasteiger partial charge < -0.3 is 20.5 Å². The van der Waals surface area contributed by atoms with Crippen LogP contribution in [0, 0.1) is 5.82 Å². The van der Waals surface area contributed by atoms with Crippen molar-refractivity contribution >= 4 is 16.6 Å². The molecule has 4 N–H and O–H groups in total. The average molecular weight is 436 g/mol. The summed E-state index contributed by atoms with van der Waals surface area (Å²) in [6, 6.07) is 7.09. The molecule has 3 atom stereocenters. The van der Waals surface area contributed by atoms with Gasteiger partial charge in [-0.2, -0.15) is 13.2 Å². The number of aromatic nitrogens is 1. The second kappa shape index (κ2) is 7.26. The van der Waals surface area contributed by atoms with Gasteiger partial charge in [-0.05, 0) is 48.6 Å². The zero-order valence-electron chi connectivity index (χ0n) is 16.4. The van der Waals surface area contributed by atoms with Gasteiger partial charge in [-0.15, -0.1) is 0 Å². The molecule has 2 aromatic carbocycles. The van der Waals surface area contributed by atoms with Crippen LogP contribution in [-0.4, -0.2) is 27.0 Å². The highest BCUT2D eigenvalue weighted by Gasteiger charge is 2.62. The molecule has 0 amide bonds. The number of rotatable bonds is 3. The summed E-state index contributed by atoms with van der Waals surface area (Å²) in [6.07, 6.45) is -5.39. The fourth-order valence-electron chi connectivity index (χ4n) is 4.45. The quantitative estimate of drug-likeness (QED) is 0.448. The highest BCUT2D eigenvalue weighted by Crippen LogP contribution is 2.55. The van der Waals surface area contributed by atoms with Gasteiger partial charge in [0.2, 0.25) is 5.56 Å². The van der Waals surface area contributed by atoms with Crippen molar-refractivity contribution in [3.8, 4) is 5.75 Å². The Morgan fingerprint density at radius 3 is 2.65 bits per heavy atom. The van der Waals surface area contributed by atoms with E-state index in [0.29, 0.717) is 5.56 Å². The Morgan fingerprint density at radius 1 is 1.23 bits per heavy atom. The number of aromatic hydroxyl groups is 1. The zero-order valence-corrected chi connectivity index (χ0v) is 16.4.